The van der Waals surface area contributed by atoms with Crippen molar-refractivity contribution >= 4 is 0 Å². The zero-order chi connectivity index (χ0) is 11.5. The van der Waals surface area contributed by atoms with Crippen molar-refractivity contribution in [1.82, 2.24) is 10.2 Å². The summed E-state index contributed by atoms with van der Waals surface area (Å²) >= 11 is 0. The molecule has 0 bridgehead atoms. The molecule has 1 saturated heterocycles. The van der Waals surface area contributed by atoms with Gasteiger partial charge in [-0.1, -0.05) is 0 Å². The first-order valence-corrected chi connectivity index (χ1v) is 7.74. The van der Waals surface area contributed by atoms with Crippen molar-refractivity contribution in [2.75, 3.05) is 19.6 Å². The molecule has 2 unspecified atom stereocenters. The smallest absolute Gasteiger partial charge is 0.0334 e. The average molecular weight is 234 g/mol. The van der Waals surface area contributed by atoms with E-state index in [-0.39, 0.29) is 0 Å². The van der Waals surface area contributed by atoms with Gasteiger partial charge in [0.2, 0.25) is 0 Å². The monoisotopic (exact) mass is 234 g/mol. The van der Waals surface area contributed by atoms with Crippen LogP contribution in [0.5, 0.6) is 0 Å². The number of nitrogens with zero attached hydrogens (tertiary/aromatic N) is 1. The van der Waals surface area contributed by atoms with Gasteiger partial charge in [0.25, 0.3) is 0 Å². The minimum atomic E-state index is 0.494. The molecule has 3 saturated carbocycles. The van der Waals surface area contributed by atoms with Gasteiger partial charge in [-0.15, -0.1) is 0 Å². The molecule has 1 N–H and O–H groups in total. The molecule has 96 valence electrons. The molecule has 2 atom stereocenters. The van der Waals surface area contributed by atoms with Crippen molar-refractivity contribution in [3.63, 3.8) is 0 Å². The molecule has 1 heterocycles. The average Bonchev–Trinajstić information content (AvgIpc) is 3.14. The van der Waals surface area contributed by atoms with E-state index in [0.717, 1.165) is 23.8 Å². The van der Waals surface area contributed by atoms with E-state index >= 15 is 0 Å². The van der Waals surface area contributed by atoms with Crippen LogP contribution >= 0.6 is 0 Å². The van der Waals surface area contributed by atoms with Crippen LogP contribution in [0.25, 0.3) is 0 Å². The summed E-state index contributed by atoms with van der Waals surface area (Å²) in [6.45, 7) is 6.53. The topological polar surface area (TPSA) is 15.3 Å². The number of hydrogen-bond donors (Lipinski definition) is 1. The fourth-order valence-corrected chi connectivity index (χ4v) is 3.78. The Kier molecular flexibility index (Phi) is 2.36. The van der Waals surface area contributed by atoms with Gasteiger partial charge < -0.3 is 5.32 Å². The zero-order valence-electron chi connectivity index (χ0n) is 11.1. The van der Waals surface area contributed by atoms with Crippen LogP contribution in [-0.2, 0) is 0 Å². The van der Waals surface area contributed by atoms with Crippen molar-refractivity contribution in [3.8, 4) is 0 Å². The van der Waals surface area contributed by atoms with Crippen LogP contribution < -0.4 is 5.32 Å². The molecule has 2 heteroatoms. The Morgan fingerprint density at radius 2 is 1.88 bits per heavy atom. The molecule has 0 aromatic carbocycles. The Morgan fingerprint density at radius 3 is 2.47 bits per heavy atom. The Morgan fingerprint density at radius 1 is 1.12 bits per heavy atom. The molecule has 0 radical (unpaired) electrons. The van der Waals surface area contributed by atoms with Crippen LogP contribution in [0.1, 0.15) is 45.4 Å². The van der Waals surface area contributed by atoms with Crippen LogP contribution in [0.4, 0.5) is 0 Å². The quantitative estimate of drug-likeness (QED) is 0.802. The van der Waals surface area contributed by atoms with Gasteiger partial charge in [-0.25, -0.2) is 0 Å². The molecule has 17 heavy (non-hydrogen) atoms. The van der Waals surface area contributed by atoms with E-state index in [0.29, 0.717) is 5.54 Å². The maximum Gasteiger partial charge on any atom is 0.0334 e. The molecule has 0 amide bonds. The summed E-state index contributed by atoms with van der Waals surface area (Å²) in [6.07, 6.45) is 8.92. The summed E-state index contributed by atoms with van der Waals surface area (Å²) in [4.78, 5) is 2.89. The lowest BCUT2D eigenvalue weighted by Crippen LogP contribution is -2.65. The number of hydrogen-bond acceptors (Lipinski definition) is 2. The van der Waals surface area contributed by atoms with Gasteiger partial charge in [0, 0.05) is 31.2 Å². The van der Waals surface area contributed by atoms with Gasteiger partial charge in [0.15, 0.2) is 0 Å². The molecule has 0 spiro atoms. The van der Waals surface area contributed by atoms with Crippen LogP contribution in [0.2, 0.25) is 0 Å². The molecule has 3 aliphatic carbocycles. The molecule has 4 rings (SSSR count). The standard InChI is InChI=1S/C15H26N2/c1-15(13-6-7-13)10-16-14(12-4-5-12)9-17(15)8-11-2-3-11/h11-14,16H,2-10H2,1H3. The van der Waals surface area contributed by atoms with Gasteiger partial charge in [-0.2, -0.15) is 0 Å². The van der Waals surface area contributed by atoms with E-state index in [1.54, 1.807) is 0 Å². The first-order chi connectivity index (χ1) is 8.25. The van der Waals surface area contributed by atoms with E-state index in [1.165, 1.54) is 58.2 Å². The summed E-state index contributed by atoms with van der Waals surface area (Å²) in [5, 5.41) is 3.87. The molecule has 0 aromatic rings. The van der Waals surface area contributed by atoms with Gasteiger partial charge in [-0.3, -0.25) is 4.90 Å². The number of nitrogens with one attached hydrogen (secondary N) is 1. The molecular formula is C15H26N2. The van der Waals surface area contributed by atoms with Crippen LogP contribution in [-0.4, -0.2) is 36.1 Å². The molecule has 0 aromatic heterocycles. The Labute approximate surface area is 105 Å². The van der Waals surface area contributed by atoms with Gasteiger partial charge in [0.1, 0.15) is 0 Å². The van der Waals surface area contributed by atoms with Gasteiger partial charge in [0.05, 0.1) is 0 Å². The van der Waals surface area contributed by atoms with Crippen molar-refractivity contribution < 1.29 is 0 Å². The summed E-state index contributed by atoms with van der Waals surface area (Å²) in [7, 11) is 0. The third kappa shape index (κ3) is 2.04. The van der Waals surface area contributed by atoms with Crippen LogP contribution in [0, 0.1) is 17.8 Å². The van der Waals surface area contributed by atoms with Gasteiger partial charge >= 0.3 is 0 Å². The van der Waals surface area contributed by atoms with E-state index < -0.39 is 0 Å². The molecular weight excluding hydrogens is 208 g/mol. The summed E-state index contributed by atoms with van der Waals surface area (Å²) in [5.74, 6) is 3.06. The third-order valence-corrected chi connectivity index (χ3v) is 5.69. The van der Waals surface area contributed by atoms with Crippen LogP contribution in [0.3, 0.4) is 0 Å². The Hall–Kier alpha value is -0.0800. The van der Waals surface area contributed by atoms with E-state index in [1.807, 2.05) is 0 Å². The third-order valence-electron chi connectivity index (χ3n) is 5.69. The number of piperazine rings is 1. The normalized spacial score (nSPS) is 43.9. The zero-order valence-corrected chi connectivity index (χ0v) is 11.1. The largest absolute Gasteiger partial charge is 0.311 e. The minimum absolute atomic E-state index is 0.494. The van der Waals surface area contributed by atoms with Crippen molar-refractivity contribution in [2.45, 2.75) is 57.0 Å². The highest BCUT2D eigenvalue weighted by atomic mass is 15.3. The fraction of sp³-hybridized carbons (Fsp3) is 1.00. The summed E-state index contributed by atoms with van der Waals surface area (Å²) in [6, 6.07) is 0.820. The lowest BCUT2D eigenvalue weighted by Gasteiger charge is -2.49. The predicted octanol–water partition coefficient (Wildman–Crippen LogP) is 2.25. The van der Waals surface area contributed by atoms with E-state index in [9.17, 15) is 0 Å². The Balaban J connectivity index is 1.48. The molecule has 1 aliphatic heterocycles. The van der Waals surface area contributed by atoms with Crippen molar-refractivity contribution in [3.05, 3.63) is 0 Å². The molecule has 2 nitrogen and oxygen atoms in total. The first kappa shape index (κ1) is 10.8. The fourth-order valence-electron chi connectivity index (χ4n) is 3.78. The predicted molar refractivity (Wildman–Crippen MR) is 69.9 cm³/mol. The van der Waals surface area contributed by atoms with Crippen LogP contribution in [0.15, 0.2) is 0 Å². The SMILES string of the molecule is CC1(C2CC2)CNC(C2CC2)CN1CC1CC1. The highest BCUT2D eigenvalue weighted by Gasteiger charge is 2.50. The maximum absolute atomic E-state index is 3.87. The lowest BCUT2D eigenvalue weighted by atomic mass is 9.88. The van der Waals surface area contributed by atoms with Crippen molar-refractivity contribution in [1.29, 1.82) is 0 Å². The highest BCUT2D eigenvalue weighted by Crippen LogP contribution is 2.47. The second kappa shape index (κ2) is 3.71. The number of rotatable bonds is 4. The van der Waals surface area contributed by atoms with E-state index in [4.69, 9.17) is 0 Å². The maximum atomic E-state index is 3.87. The van der Waals surface area contributed by atoms with E-state index in [2.05, 4.69) is 17.1 Å². The highest BCUT2D eigenvalue weighted by molar-refractivity contribution is 5.07. The molecule has 4 fully saturated rings. The second-order valence-corrected chi connectivity index (χ2v) is 7.30. The second-order valence-electron chi connectivity index (χ2n) is 7.30. The van der Waals surface area contributed by atoms with Crippen molar-refractivity contribution in [2.24, 2.45) is 17.8 Å². The first-order valence-electron chi connectivity index (χ1n) is 7.74. The summed E-state index contributed by atoms with van der Waals surface area (Å²) < 4.78 is 0. The summed E-state index contributed by atoms with van der Waals surface area (Å²) in [5.41, 5.74) is 0.494. The minimum Gasteiger partial charge on any atom is -0.311 e. The van der Waals surface area contributed by atoms with Gasteiger partial charge in [-0.05, 0) is 63.2 Å². The Bertz CT molecular complexity index is 304. The molecule has 4 aliphatic rings. The lowest BCUT2D eigenvalue weighted by molar-refractivity contribution is 0.0266.